The first-order chi connectivity index (χ1) is 17.1. The van der Waals surface area contributed by atoms with Crippen LogP contribution in [-0.4, -0.2) is 20.8 Å². The van der Waals surface area contributed by atoms with E-state index in [1.165, 1.54) is 0 Å². The van der Waals surface area contributed by atoms with Crippen LogP contribution in [0.4, 0.5) is 11.4 Å². The molecular weight excluding hydrogens is 472 g/mol. The Balaban J connectivity index is 1.43. The number of rotatable bonds is 6. The predicted molar refractivity (Wildman–Crippen MR) is 142 cm³/mol. The fourth-order valence-electron chi connectivity index (χ4n) is 5.15. The first kappa shape index (κ1) is 24.5. The van der Waals surface area contributed by atoms with E-state index in [4.69, 9.17) is 4.74 Å². The minimum atomic E-state index is -3.76. The van der Waals surface area contributed by atoms with Gasteiger partial charge in [0.05, 0.1) is 17.0 Å². The highest BCUT2D eigenvalue weighted by atomic mass is 32.2. The number of aryl methyl sites for hydroxylation is 2. The predicted octanol–water partition coefficient (Wildman–Crippen LogP) is 6.19. The van der Waals surface area contributed by atoms with Gasteiger partial charge in [0.1, 0.15) is 0 Å². The van der Waals surface area contributed by atoms with Crippen molar-refractivity contribution >= 4 is 27.2 Å². The quantitative estimate of drug-likeness (QED) is 0.391. The number of carbonyl (C=O) groups excluding carboxylic acids is 1. The summed E-state index contributed by atoms with van der Waals surface area (Å²) in [5.41, 5.74) is 6.23. The first-order valence-electron chi connectivity index (χ1n) is 12.4. The van der Waals surface area contributed by atoms with Crippen LogP contribution >= 0.6 is 0 Å². The zero-order valence-electron chi connectivity index (χ0n) is 21.0. The fourth-order valence-corrected chi connectivity index (χ4v) is 6.24. The van der Waals surface area contributed by atoms with Gasteiger partial charge in [-0.3, -0.25) is 9.52 Å². The van der Waals surface area contributed by atoms with Crippen molar-refractivity contribution in [2.24, 2.45) is 11.8 Å². The third kappa shape index (κ3) is 4.53. The third-order valence-corrected chi connectivity index (χ3v) is 8.73. The Bertz CT molecular complexity index is 1410. The number of carbonyl (C=O) groups is 1. The molecule has 2 N–H and O–H groups in total. The third-order valence-electron chi connectivity index (χ3n) is 7.35. The molecule has 2 heterocycles. The van der Waals surface area contributed by atoms with E-state index in [1.807, 2.05) is 70.2 Å². The molecule has 0 aromatic heterocycles. The summed E-state index contributed by atoms with van der Waals surface area (Å²) < 4.78 is 35.2. The van der Waals surface area contributed by atoms with Crippen LogP contribution in [0, 0.1) is 25.7 Å². The Hall–Kier alpha value is -3.16. The molecule has 1 fully saturated rings. The van der Waals surface area contributed by atoms with E-state index in [0.29, 0.717) is 12.3 Å². The molecule has 0 saturated carbocycles. The molecule has 5 rings (SSSR count). The number of fused-ring (bicyclic) bond motifs is 3. The summed E-state index contributed by atoms with van der Waals surface area (Å²) >= 11 is 0. The summed E-state index contributed by atoms with van der Waals surface area (Å²) in [5.74, 6) is 0.252. The molecule has 0 aliphatic carbocycles. The molecule has 0 bridgehead atoms. The lowest BCUT2D eigenvalue weighted by Crippen LogP contribution is -2.29. The maximum absolute atomic E-state index is 13.2. The van der Waals surface area contributed by atoms with E-state index in [-0.39, 0.29) is 34.7 Å². The van der Waals surface area contributed by atoms with E-state index in [2.05, 4.69) is 10.0 Å². The highest BCUT2D eigenvalue weighted by molar-refractivity contribution is 7.92. The lowest BCUT2D eigenvalue weighted by molar-refractivity contribution is 0.0827. The number of ketones is 1. The molecule has 7 heteroatoms. The number of nitrogens with one attached hydrogen (secondary N) is 2. The smallest absolute Gasteiger partial charge is 0.261 e. The molecule has 3 aromatic carbocycles. The van der Waals surface area contributed by atoms with Crippen molar-refractivity contribution < 1.29 is 17.9 Å². The van der Waals surface area contributed by atoms with Crippen molar-refractivity contribution in [2.75, 3.05) is 16.6 Å². The van der Waals surface area contributed by atoms with E-state index in [9.17, 15) is 13.2 Å². The average Bonchev–Trinajstić information content (AvgIpc) is 3.35. The van der Waals surface area contributed by atoms with Crippen molar-refractivity contribution in [3.63, 3.8) is 0 Å². The van der Waals surface area contributed by atoms with Gasteiger partial charge in [0.25, 0.3) is 10.0 Å². The van der Waals surface area contributed by atoms with Crippen molar-refractivity contribution in [3.8, 4) is 0 Å². The standard InChI is InChI=1S/C29H32N2O4S/c1-17(2)28(32)21-8-6-20(7-9-21)27-24-13-14-35-29(24)25-16-23(11-12-26(25)30-27)36(33,34)31-22-10-5-18(3)19(4)15-22/h5-12,15-17,24,27,29-31H,13-14H2,1-4H3/t24?,27?,29-/m0/s1. The molecule has 0 amide bonds. The highest BCUT2D eigenvalue weighted by Crippen LogP contribution is 2.50. The molecule has 3 aromatic rings. The molecular formula is C29H32N2O4S. The number of benzene rings is 3. The van der Waals surface area contributed by atoms with Crippen molar-refractivity contribution in [1.82, 2.24) is 0 Å². The van der Waals surface area contributed by atoms with Crippen LogP contribution in [0.1, 0.15) is 65.0 Å². The van der Waals surface area contributed by atoms with Gasteiger partial charge in [-0.15, -0.1) is 0 Å². The van der Waals surface area contributed by atoms with E-state index in [0.717, 1.165) is 39.9 Å². The molecule has 2 aliphatic rings. The zero-order chi connectivity index (χ0) is 25.6. The monoisotopic (exact) mass is 504 g/mol. The van der Waals surface area contributed by atoms with Gasteiger partial charge in [-0.2, -0.15) is 0 Å². The van der Waals surface area contributed by atoms with E-state index in [1.54, 1.807) is 18.2 Å². The van der Waals surface area contributed by atoms with Crippen molar-refractivity contribution in [2.45, 2.75) is 51.2 Å². The molecule has 0 spiro atoms. The first-order valence-corrected chi connectivity index (χ1v) is 13.9. The van der Waals surface area contributed by atoms with Crippen LogP contribution in [0.5, 0.6) is 0 Å². The summed E-state index contributed by atoms with van der Waals surface area (Å²) in [7, 11) is -3.76. The van der Waals surface area contributed by atoms with Crippen LogP contribution in [0.3, 0.4) is 0 Å². The Kier molecular flexibility index (Phi) is 6.39. The Morgan fingerprint density at radius 2 is 1.75 bits per heavy atom. The topological polar surface area (TPSA) is 84.5 Å². The molecule has 2 aliphatic heterocycles. The second kappa shape index (κ2) is 9.37. The van der Waals surface area contributed by atoms with Gasteiger partial charge < -0.3 is 10.1 Å². The maximum Gasteiger partial charge on any atom is 0.261 e. The maximum atomic E-state index is 13.2. The molecule has 2 unspecified atom stereocenters. The number of Topliss-reactive ketones (excluding diaryl/α,β-unsaturated/α-hetero) is 1. The minimum absolute atomic E-state index is 0.0179. The van der Waals surface area contributed by atoms with Gasteiger partial charge in [-0.1, -0.05) is 44.2 Å². The molecule has 188 valence electrons. The Morgan fingerprint density at radius 1 is 1.00 bits per heavy atom. The van der Waals surface area contributed by atoms with Crippen LogP contribution in [0.25, 0.3) is 0 Å². The van der Waals surface area contributed by atoms with Gasteiger partial charge in [-0.25, -0.2) is 8.42 Å². The van der Waals surface area contributed by atoms with Crippen LogP contribution in [0.15, 0.2) is 65.6 Å². The summed E-state index contributed by atoms with van der Waals surface area (Å²) in [6.45, 7) is 8.38. The van der Waals surface area contributed by atoms with E-state index < -0.39 is 10.0 Å². The lowest BCUT2D eigenvalue weighted by Gasteiger charge is -2.36. The molecule has 3 atom stereocenters. The second-order valence-electron chi connectivity index (χ2n) is 10.2. The van der Waals surface area contributed by atoms with Crippen LogP contribution in [0.2, 0.25) is 0 Å². The van der Waals surface area contributed by atoms with Gasteiger partial charge in [0.2, 0.25) is 0 Å². The Morgan fingerprint density at radius 3 is 2.44 bits per heavy atom. The van der Waals surface area contributed by atoms with Crippen LogP contribution in [-0.2, 0) is 14.8 Å². The summed E-state index contributed by atoms with van der Waals surface area (Å²) in [4.78, 5) is 12.6. The second-order valence-corrected chi connectivity index (χ2v) is 11.8. The molecule has 0 radical (unpaired) electrons. The lowest BCUT2D eigenvalue weighted by atomic mass is 9.81. The minimum Gasteiger partial charge on any atom is -0.378 e. The number of ether oxygens (including phenoxy) is 1. The van der Waals surface area contributed by atoms with Crippen molar-refractivity contribution in [3.05, 3.63) is 88.5 Å². The van der Waals surface area contributed by atoms with Crippen LogP contribution < -0.4 is 10.0 Å². The van der Waals surface area contributed by atoms with Gasteiger partial charge in [0.15, 0.2) is 5.78 Å². The van der Waals surface area contributed by atoms with Crippen molar-refractivity contribution in [1.29, 1.82) is 0 Å². The molecule has 36 heavy (non-hydrogen) atoms. The summed E-state index contributed by atoms with van der Waals surface area (Å²) in [5, 5.41) is 3.62. The Labute approximate surface area is 213 Å². The largest absolute Gasteiger partial charge is 0.378 e. The van der Waals surface area contributed by atoms with Gasteiger partial charge in [-0.05, 0) is 67.3 Å². The molecule has 6 nitrogen and oxygen atoms in total. The average molecular weight is 505 g/mol. The summed E-state index contributed by atoms with van der Waals surface area (Å²) in [6, 6.07) is 18.6. The number of sulfonamides is 1. The normalized spacial score (nSPS) is 21.0. The number of anilines is 2. The number of hydrogen-bond donors (Lipinski definition) is 2. The number of hydrogen-bond acceptors (Lipinski definition) is 5. The SMILES string of the molecule is Cc1ccc(NS(=O)(=O)c2ccc3c(c2)[C@H]2OCCC2C(c2ccc(C(=O)C(C)C)cc2)N3)cc1C. The van der Waals surface area contributed by atoms with Gasteiger partial charge >= 0.3 is 0 Å². The highest BCUT2D eigenvalue weighted by Gasteiger charge is 2.42. The zero-order valence-corrected chi connectivity index (χ0v) is 21.9. The van der Waals surface area contributed by atoms with Gasteiger partial charge in [0, 0.05) is 40.9 Å². The van der Waals surface area contributed by atoms with E-state index >= 15 is 0 Å². The molecule has 1 saturated heterocycles. The fraction of sp³-hybridized carbons (Fsp3) is 0.345. The summed E-state index contributed by atoms with van der Waals surface area (Å²) in [6.07, 6.45) is 0.673.